The van der Waals surface area contributed by atoms with Crippen molar-refractivity contribution in [1.29, 1.82) is 15.8 Å². The van der Waals surface area contributed by atoms with E-state index in [9.17, 15) is 18.9 Å². The van der Waals surface area contributed by atoms with Gasteiger partial charge in [-0.2, -0.15) is 15.8 Å². The van der Waals surface area contributed by atoms with Gasteiger partial charge >= 0.3 is 0 Å². The molecule has 0 aromatic heterocycles. The highest BCUT2D eigenvalue weighted by Gasteiger charge is 2.20. The fourth-order valence-electron chi connectivity index (χ4n) is 1.21. The number of nitro benzene ring substituents is 1. The topological polar surface area (TPSA) is 127 Å². The summed E-state index contributed by atoms with van der Waals surface area (Å²) in [6.45, 7) is 0. The van der Waals surface area contributed by atoms with Gasteiger partial charge in [-0.05, 0) is 0 Å². The summed E-state index contributed by atoms with van der Waals surface area (Å²) in [7, 11) is 0. The van der Waals surface area contributed by atoms with Crippen molar-refractivity contribution in [3.05, 3.63) is 45.2 Å². The third kappa shape index (κ3) is 2.84. The molecule has 0 saturated heterocycles. The molecule has 0 aliphatic rings. The molecule has 1 aromatic carbocycles. The molecular weight excluding hydrogens is 272 g/mol. The lowest BCUT2D eigenvalue weighted by Crippen LogP contribution is -2.05. The first-order valence-electron chi connectivity index (χ1n) is 4.79. The maximum Gasteiger partial charge on any atom is 0.295 e. The zero-order valence-corrected chi connectivity index (χ0v) is 9.52. The Bertz CT molecular complexity index is 721. The molecule has 1 aromatic rings. The first-order chi connectivity index (χ1) is 9.44. The second kappa shape index (κ2) is 5.89. The van der Waals surface area contributed by atoms with Gasteiger partial charge < -0.3 is 5.32 Å². The molecule has 0 amide bonds. The van der Waals surface area contributed by atoms with E-state index in [1.807, 2.05) is 0 Å². The number of allylic oxidation sites excluding steroid dienone is 2. The van der Waals surface area contributed by atoms with Crippen LogP contribution in [-0.2, 0) is 0 Å². The number of rotatable bonds is 3. The molecule has 0 bridgehead atoms. The van der Waals surface area contributed by atoms with Crippen LogP contribution >= 0.6 is 0 Å². The summed E-state index contributed by atoms with van der Waals surface area (Å²) in [5, 5.41) is 38.7. The molecule has 98 valence electrons. The first kappa shape index (κ1) is 14.6. The molecule has 1 rings (SSSR count). The van der Waals surface area contributed by atoms with Crippen molar-refractivity contribution in [3.63, 3.8) is 0 Å². The van der Waals surface area contributed by atoms with E-state index in [4.69, 9.17) is 15.8 Å². The largest absolute Gasteiger partial charge is 0.339 e. The van der Waals surface area contributed by atoms with Gasteiger partial charge in [-0.3, -0.25) is 10.1 Å². The lowest BCUT2D eigenvalue weighted by molar-refractivity contribution is -0.384. The van der Waals surface area contributed by atoms with Crippen LogP contribution in [0.1, 0.15) is 0 Å². The Hall–Kier alpha value is -3.51. The zero-order valence-electron chi connectivity index (χ0n) is 9.52. The van der Waals surface area contributed by atoms with Gasteiger partial charge in [0.1, 0.15) is 29.6 Å². The van der Waals surface area contributed by atoms with Crippen LogP contribution in [0.25, 0.3) is 0 Å². The molecule has 0 aliphatic carbocycles. The summed E-state index contributed by atoms with van der Waals surface area (Å²) < 4.78 is 26.0. The summed E-state index contributed by atoms with van der Waals surface area (Å²) >= 11 is 0. The van der Waals surface area contributed by atoms with Gasteiger partial charge in [0.25, 0.3) is 5.69 Å². The van der Waals surface area contributed by atoms with E-state index in [-0.39, 0.29) is 0 Å². The first-order valence-corrected chi connectivity index (χ1v) is 4.79. The minimum Gasteiger partial charge on any atom is -0.339 e. The fraction of sp³-hybridized carbons (Fsp3) is 0. The Labute approximate surface area is 110 Å². The maximum absolute atomic E-state index is 13.1. The third-order valence-electron chi connectivity index (χ3n) is 2.08. The molecule has 0 unspecified atom stereocenters. The van der Waals surface area contributed by atoms with Crippen molar-refractivity contribution in [2.45, 2.75) is 0 Å². The van der Waals surface area contributed by atoms with E-state index in [0.29, 0.717) is 12.1 Å². The van der Waals surface area contributed by atoms with Crippen LogP contribution in [-0.4, -0.2) is 4.92 Å². The highest BCUT2D eigenvalue weighted by atomic mass is 19.2. The summed E-state index contributed by atoms with van der Waals surface area (Å²) in [4.78, 5) is 9.71. The Morgan fingerprint density at radius 1 is 1.15 bits per heavy atom. The molecular formula is C11H3F2N5O2. The molecule has 20 heavy (non-hydrogen) atoms. The van der Waals surface area contributed by atoms with Crippen molar-refractivity contribution in [1.82, 2.24) is 0 Å². The summed E-state index contributed by atoms with van der Waals surface area (Å²) in [5.74, 6) is -2.82. The highest BCUT2D eigenvalue weighted by Crippen LogP contribution is 2.28. The number of nitro groups is 1. The van der Waals surface area contributed by atoms with E-state index in [1.54, 1.807) is 0 Å². The number of hydrogen-bond acceptors (Lipinski definition) is 6. The van der Waals surface area contributed by atoms with E-state index in [0.717, 1.165) is 0 Å². The fourth-order valence-corrected chi connectivity index (χ4v) is 1.21. The zero-order chi connectivity index (χ0) is 15.3. The number of nitrogens with one attached hydrogen (secondary N) is 1. The third-order valence-corrected chi connectivity index (χ3v) is 2.08. The standard InChI is InChI=1S/C11H3F2N5O2/c12-7-1-9(11(18(19)20)2-8(7)13)17-10(5-16)6(3-14)4-15/h1-2,17H. The molecule has 0 saturated carbocycles. The van der Waals surface area contributed by atoms with Crippen LogP contribution in [0, 0.1) is 55.7 Å². The minimum absolute atomic E-state index is 0.324. The molecule has 0 atom stereocenters. The number of anilines is 1. The molecule has 0 radical (unpaired) electrons. The summed E-state index contributed by atoms with van der Waals surface area (Å²) in [6, 6.07) is 5.00. The molecule has 9 heteroatoms. The van der Waals surface area contributed by atoms with Crippen molar-refractivity contribution in [3.8, 4) is 18.2 Å². The Balaban J connectivity index is 3.43. The van der Waals surface area contributed by atoms with E-state index >= 15 is 0 Å². The molecule has 0 heterocycles. The van der Waals surface area contributed by atoms with Crippen LogP contribution < -0.4 is 5.32 Å². The van der Waals surface area contributed by atoms with Gasteiger partial charge in [-0.15, -0.1) is 0 Å². The van der Waals surface area contributed by atoms with Crippen molar-refractivity contribution < 1.29 is 13.7 Å². The minimum atomic E-state index is -1.44. The van der Waals surface area contributed by atoms with Gasteiger partial charge in [-0.25, -0.2) is 8.78 Å². The maximum atomic E-state index is 13.1. The van der Waals surface area contributed by atoms with Crippen LogP contribution in [0.3, 0.4) is 0 Å². The molecule has 1 N–H and O–H groups in total. The normalized spacial score (nSPS) is 8.75. The summed E-state index contributed by atoms with van der Waals surface area (Å²) in [6.07, 6.45) is 0. The number of nitrogens with zero attached hydrogens (tertiary/aromatic N) is 4. The second-order valence-corrected chi connectivity index (χ2v) is 3.25. The second-order valence-electron chi connectivity index (χ2n) is 3.25. The quantitative estimate of drug-likeness (QED) is 0.511. The van der Waals surface area contributed by atoms with Crippen LogP contribution in [0.4, 0.5) is 20.2 Å². The van der Waals surface area contributed by atoms with Gasteiger partial charge in [0, 0.05) is 6.07 Å². The molecule has 7 nitrogen and oxygen atoms in total. The summed E-state index contributed by atoms with van der Waals surface area (Å²) in [5.41, 5.74) is -2.64. The van der Waals surface area contributed by atoms with Gasteiger partial charge in [-0.1, -0.05) is 0 Å². The van der Waals surface area contributed by atoms with Crippen molar-refractivity contribution in [2.24, 2.45) is 0 Å². The Morgan fingerprint density at radius 3 is 2.15 bits per heavy atom. The average Bonchev–Trinajstić information content (AvgIpc) is 2.42. The Morgan fingerprint density at radius 2 is 1.70 bits per heavy atom. The number of halogens is 2. The predicted octanol–water partition coefficient (Wildman–Crippen LogP) is 2.11. The van der Waals surface area contributed by atoms with Crippen molar-refractivity contribution >= 4 is 11.4 Å². The van der Waals surface area contributed by atoms with Crippen LogP contribution in [0.2, 0.25) is 0 Å². The lowest BCUT2D eigenvalue weighted by atomic mass is 10.2. The monoisotopic (exact) mass is 275 g/mol. The Kier molecular flexibility index (Phi) is 4.29. The van der Waals surface area contributed by atoms with E-state index < -0.39 is 39.2 Å². The molecule has 0 aliphatic heterocycles. The SMILES string of the molecule is N#CC(C#N)=C(C#N)Nc1cc(F)c(F)cc1[N+](=O)[O-]. The van der Waals surface area contributed by atoms with Crippen molar-refractivity contribution in [2.75, 3.05) is 5.32 Å². The average molecular weight is 275 g/mol. The molecule has 0 spiro atoms. The van der Waals surface area contributed by atoms with Gasteiger partial charge in [0.2, 0.25) is 0 Å². The highest BCUT2D eigenvalue weighted by molar-refractivity contribution is 5.67. The number of nitriles is 3. The van der Waals surface area contributed by atoms with E-state index in [2.05, 4.69) is 5.32 Å². The lowest BCUT2D eigenvalue weighted by Gasteiger charge is -2.06. The van der Waals surface area contributed by atoms with Crippen LogP contribution in [0.15, 0.2) is 23.4 Å². The smallest absolute Gasteiger partial charge is 0.295 e. The number of hydrogen-bond donors (Lipinski definition) is 1. The molecule has 0 fully saturated rings. The van der Waals surface area contributed by atoms with E-state index in [1.165, 1.54) is 18.2 Å². The van der Waals surface area contributed by atoms with Crippen LogP contribution in [0.5, 0.6) is 0 Å². The predicted molar refractivity (Wildman–Crippen MR) is 60.5 cm³/mol. The van der Waals surface area contributed by atoms with Gasteiger partial charge in [0.15, 0.2) is 17.2 Å². The van der Waals surface area contributed by atoms with Gasteiger partial charge in [0.05, 0.1) is 11.0 Å². The number of benzene rings is 1.